The van der Waals surface area contributed by atoms with Crippen molar-refractivity contribution in [2.75, 3.05) is 5.32 Å². The molecule has 1 amide bonds. The van der Waals surface area contributed by atoms with Gasteiger partial charge in [-0.3, -0.25) is 9.59 Å². The number of primary amides is 1. The van der Waals surface area contributed by atoms with Crippen LogP contribution < -0.4 is 16.6 Å². The molecule has 0 fully saturated rings. The summed E-state index contributed by atoms with van der Waals surface area (Å²) in [4.78, 5) is 39.9. The Morgan fingerprint density at radius 2 is 2.03 bits per heavy atom. The zero-order chi connectivity index (χ0) is 23.7. The normalized spacial score (nSPS) is 12.0. The summed E-state index contributed by atoms with van der Waals surface area (Å²) in [6, 6.07) is 14.5. The SMILES string of the molecule is Cc1cc(-n2ccnc2)cc2[nH]c(-c3c(N[C@@H](Cc4ccccc4)C(N)=O)cc[nH]c3=O)nc12. The summed E-state index contributed by atoms with van der Waals surface area (Å²) in [7, 11) is 0. The lowest BCUT2D eigenvalue weighted by molar-refractivity contribution is -0.118. The smallest absolute Gasteiger partial charge is 0.261 e. The number of nitrogens with two attached hydrogens (primary N) is 1. The average molecular weight is 454 g/mol. The zero-order valence-corrected chi connectivity index (χ0v) is 18.4. The highest BCUT2D eigenvalue weighted by Crippen LogP contribution is 2.28. The van der Waals surface area contributed by atoms with E-state index in [1.807, 2.05) is 60.2 Å². The predicted octanol–water partition coefficient (Wildman–Crippen LogP) is 2.92. The summed E-state index contributed by atoms with van der Waals surface area (Å²) in [6.45, 7) is 1.96. The van der Waals surface area contributed by atoms with Gasteiger partial charge in [-0.2, -0.15) is 0 Å². The first-order valence-electron chi connectivity index (χ1n) is 10.8. The third-order valence-corrected chi connectivity index (χ3v) is 5.72. The molecule has 0 saturated heterocycles. The molecule has 34 heavy (non-hydrogen) atoms. The summed E-state index contributed by atoms with van der Waals surface area (Å²) in [5.41, 5.74) is 10.5. The number of H-pyrrole nitrogens is 2. The Bertz CT molecular complexity index is 1520. The van der Waals surface area contributed by atoms with Crippen molar-refractivity contribution in [3.63, 3.8) is 0 Å². The van der Waals surface area contributed by atoms with Crippen molar-refractivity contribution in [1.29, 1.82) is 0 Å². The number of fused-ring (bicyclic) bond motifs is 1. The molecular formula is C25H23N7O2. The standard InChI is InChI=1S/C25H23N7O2/c1-15-11-17(32-10-9-27-14-32)13-19-22(15)31-24(30-19)21-18(7-8-28-25(21)34)29-20(23(26)33)12-16-5-3-2-4-6-16/h2-11,13-14,20H,12H2,1H3,(H2,26,33)(H,30,31)(H2,28,29,34)/t20-/m0/s1. The van der Waals surface area contributed by atoms with Crippen molar-refractivity contribution in [3.8, 4) is 17.1 Å². The van der Waals surface area contributed by atoms with Gasteiger partial charge in [0, 0.05) is 30.7 Å². The molecule has 2 aromatic carbocycles. The first-order chi connectivity index (χ1) is 16.5. The average Bonchev–Trinajstić information content (AvgIpc) is 3.50. The van der Waals surface area contributed by atoms with Crippen LogP contribution in [0.2, 0.25) is 0 Å². The molecule has 1 atom stereocenters. The van der Waals surface area contributed by atoms with E-state index in [1.165, 1.54) is 6.20 Å². The van der Waals surface area contributed by atoms with Crippen LogP contribution in [0.5, 0.6) is 0 Å². The van der Waals surface area contributed by atoms with Crippen LogP contribution in [0.1, 0.15) is 11.1 Å². The number of nitrogens with one attached hydrogen (secondary N) is 3. The Hall–Kier alpha value is -4.66. The van der Waals surface area contributed by atoms with Crippen molar-refractivity contribution < 1.29 is 4.79 Å². The molecule has 3 heterocycles. The van der Waals surface area contributed by atoms with Gasteiger partial charge < -0.3 is 25.6 Å². The Morgan fingerprint density at radius 1 is 1.21 bits per heavy atom. The van der Waals surface area contributed by atoms with Crippen molar-refractivity contribution in [3.05, 3.63) is 94.9 Å². The lowest BCUT2D eigenvalue weighted by atomic mass is 10.0. The van der Waals surface area contributed by atoms with Crippen LogP contribution in [0.15, 0.2) is 78.2 Å². The fraction of sp³-hybridized carbons (Fsp3) is 0.120. The zero-order valence-electron chi connectivity index (χ0n) is 18.4. The van der Waals surface area contributed by atoms with Crippen LogP contribution in [0.4, 0.5) is 5.69 Å². The lowest BCUT2D eigenvalue weighted by Gasteiger charge is -2.18. The molecule has 0 aliphatic carbocycles. The quantitative estimate of drug-likeness (QED) is 0.301. The number of nitrogens with zero attached hydrogens (tertiary/aromatic N) is 3. The van der Waals surface area contributed by atoms with Gasteiger partial charge in [0.2, 0.25) is 5.91 Å². The fourth-order valence-corrected chi connectivity index (χ4v) is 4.04. The highest BCUT2D eigenvalue weighted by Gasteiger charge is 2.21. The first kappa shape index (κ1) is 21.2. The number of aryl methyl sites for hydroxylation is 1. The number of hydrogen-bond acceptors (Lipinski definition) is 5. The number of anilines is 1. The van der Waals surface area contributed by atoms with Crippen LogP contribution in [0.3, 0.4) is 0 Å². The number of aromatic amines is 2. The number of amides is 1. The molecule has 9 heteroatoms. The molecule has 0 aliphatic heterocycles. The molecule has 0 aliphatic rings. The molecule has 170 valence electrons. The minimum Gasteiger partial charge on any atom is -0.373 e. The predicted molar refractivity (Wildman–Crippen MR) is 131 cm³/mol. The minimum atomic E-state index is -0.707. The van der Waals surface area contributed by atoms with Gasteiger partial charge in [0.15, 0.2) is 0 Å². The van der Waals surface area contributed by atoms with Gasteiger partial charge in [-0.1, -0.05) is 30.3 Å². The summed E-state index contributed by atoms with van der Waals surface area (Å²) in [5, 5.41) is 3.16. The molecule has 3 aromatic heterocycles. The molecule has 5 N–H and O–H groups in total. The van der Waals surface area contributed by atoms with Crippen LogP contribution in [0, 0.1) is 6.92 Å². The number of benzene rings is 2. The van der Waals surface area contributed by atoms with E-state index >= 15 is 0 Å². The third kappa shape index (κ3) is 4.06. The Morgan fingerprint density at radius 3 is 2.76 bits per heavy atom. The van der Waals surface area contributed by atoms with E-state index < -0.39 is 11.9 Å². The summed E-state index contributed by atoms with van der Waals surface area (Å²) in [6.07, 6.45) is 7.21. The molecule has 9 nitrogen and oxygen atoms in total. The Kier molecular flexibility index (Phi) is 5.43. The maximum absolute atomic E-state index is 12.9. The van der Waals surface area contributed by atoms with E-state index in [-0.39, 0.29) is 5.56 Å². The van der Waals surface area contributed by atoms with E-state index in [0.29, 0.717) is 23.5 Å². The number of hydrogen-bond donors (Lipinski definition) is 4. The topological polar surface area (TPSA) is 134 Å². The Labute approximate surface area is 194 Å². The molecular weight excluding hydrogens is 430 g/mol. The maximum Gasteiger partial charge on any atom is 0.261 e. The lowest BCUT2D eigenvalue weighted by Crippen LogP contribution is -2.37. The second kappa shape index (κ2) is 8.70. The van der Waals surface area contributed by atoms with Crippen LogP contribution >= 0.6 is 0 Å². The number of pyridine rings is 1. The highest BCUT2D eigenvalue weighted by molar-refractivity contribution is 5.88. The number of imidazole rings is 2. The molecule has 0 radical (unpaired) electrons. The van der Waals surface area contributed by atoms with Crippen LogP contribution in [-0.4, -0.2) is 36.5 Å². The number of rotatable bonds is 7. The summed E-state index contributed by atoms with van der Waals surface area (Å²) >= 11 is 0. The van der Waals surface area contributed by atoms with Crippen molar-refractivity contribution in [2.24, 2.45) is 5.73 Å². The summed E-state index contributed by atoms with van der Waals surface area (Å²) in [5.74, 6) is -0.117. The molecule has 5 rings (SSSR count). The van der Waals surface area contributed by atoms with Gasteiger partial charge in [0.25, 0.3) is 5.56 Å². The number of aromatic nitrogens is 5. The van der Waals surface area contributed by atoms with Crippen LogP contribution in [0.25, 0.3) is 28.1 Å². The van der Waals surface area contributed by atoms with Gasteiger partial charge in [-0.15, -0.1) is 0 Å². The van der Waals surface area contributed by atoms with Crippen molar-refractivity contribution in [1.82, 2.24) is 24.5 Å². The number of carbonyl (C=O) groups excluding carboxylic acids is 1. The maximum atomic E-state index is 12.9. The highest BCUT2D eigenvalue weighted by atomic mass is 16.1. The molecule has 5 aromatic rings. The van der Waals surface area contributed by atoms with Gasteiger partial charge >= 0.3 is 0 Å². The monoisotopic (exact) mass is 453 g/mol. The minimum absolute atomic E-state index is 0.307. The van der Waals surface area contributed by atoms with E-state index in [9.17, 15) is 9.59 Å². The second-order valence-electron chi connectivity index (χ2n) is 8.10. The first-order valence-corrected chi connectivity index (χ1v) is 10.8. The molecule has 0 bridgehead atoms. The molecule has 0 saturated carbocycles. The fourth-order valence-electron chi connectivity index (χ4n) is 4.04. The Balaban J connectivity index is 1.55. The van der Waals surface area contributed by atoms with Gasteiger partial charge in [-0.05, 0) is 36.2 Å². The largest absolute Gasteiger partial charge is 0.373 e. The van der Waals surface area contributed by atoms with Crippen molar-refractivity contribution in [2.45, 2.75) is 19.4 Å². The van der Waals surface area contributed by atoms with Crippen LogP contribution in [-0.2, 0) is 11.2 Å². The van der Waals surface area contributed by atoms with E-state index in [1.54, 1.807) is 18.6 Å². The van der Waals surface area contributed by atoms with Crippen molar-refractivity contribution >= 4 is 22.6 Å². The molecule has 0 spiro atoms. The second-order valence-corrected chi connectivity index (χ2v) is 8.10. The summed E-state index contributed by atoms with van der Waals surface area (Å²) < 4.78 is 1.90. The third-order valence-electron chi connectivity index (χ3n) is 5.72. The van der Waals surface area contributed by atoms with E-state index in [2.05, 4.69) is 20.3 Å². The van der Waals surface area contributed by atoms with Gasteiger partial charge in [0.1, 0.15) is 17.4 Å². The number of carbonyl (C=O) groups is 1. The van der Waals surface area contributed by atoms with E-state index in [0.717, 1.165) is 27.8 Å². The van der Waals surface area contributed by atoms with E-state index in [4.69, 9.17) is 10.7 Å². The van der Waals surface area contributed by atoms with Gasteiger partial charge in [0.05, 0.1) is 23.0 Å². The molecule has 0 unspecified atom stereocenters. The van der Waals surface area contributed by atoms with Gasteiger partial charge in [-0.25, -0.2) is 9.97 Å².